The van der Waals surface area contributed by atoms with Crippen LogP contribution in [0.3, 0.4) is 0 Å². The van der Waals surface area contributed by atoms with Crippen molar-refractivity contribution in [2.24, 2.45) is 5.92 Å². The van der Waals surface area contributed by atoms with Gasteiger partial charge in [0.05, 0.1) is 0 Å². The minimum Gasteiger partial charge on any atom is -0.358 e. The average molecular weight is 288 g/mol. The van der Waals surface area contributed by atoms with Crippen LogP contribution < -0.4 is 0 Å². The summed E-state index contributed by atoms with van der Waals surface area (Å²) in [5.41, 5.74) is 3.73. The van der Waals surface area contributed by atoms with Crippen LogP contribution in [0.4, 0.5) is 0 Å². The second-order valence-electron chi connectivity index (χ2n) is 5.62. The van der Waals surface area contributed by atoms with E-state index in [4.69, 9.17) is 0 Å². The van der Waals surface area contributed by atoms with Crippen molar-refractivity contribution in [1.82, 2.24) is 9.88 Å². The molecule has 1 aromatic heterocycles. The van der Waals surface area contributed by atoms with Crippen molar-refractivity contribution >= 4 is 29.4 Å². The van der Waals surface area contributed by atoms with Crippen LogP contribution in [0.25, 0.3) is 10.9 Å². The number of thiol groups is 1. The first-order chi connectivity index (χ1) is 9.69. The molecule has 1 saturated heterocycles. The zero-order valence-electron chi connectivity index (χ0n) is 11.7. The van der Waals surface area contributed by atoms with E-state index >= 15 is 0 Å². The Kier molecular flexibility index (Phi) is 3.74. The van der Waals surface area contributed by atoms with Gasteiger partial charge in [0.25, 0.3) is 0 Å². The zero-order valence-corrected chi connectivity index (χ0v) is 12.6. The first-order valence-electron chi connectivity index (χ1n) is 7.14. The highest BCUT2D eigenvalue weighted by atomic mass is 32.1. The van der Waals surface area contributed by atoms with Gasteiger partial charge in [0.1, 0.15) is 0 Å². The molecule has 1 N–H and O–H groups in total. The van der Waals surface area contributed by atoms with Crippen molar-refractivity contribution in [2.75, 3.05) is 18.8 Å². The molecule has 2 aromatic rings. The predicted octanol–water partition coefficient (Wildman–Crippen LogP) is 2.80. The first kappa shape index (κ1) is 13.6. The molecule has 106 valence electrons. The largest absolute Gasteiger partial charge is 0.358 e. The molecule has 0 bridgehead atoms. The number of H-pyrrole nitrogens is 1. The summed E-state index contributed by atoms with van der Waals surface area (Å²) in [6, 6.07) is 8.36. The summed E-state index contributed by atoms with van der Waals surface area (Å²) < 4.78 is 0. The minimum atomic E-state index is 0.279. The van der Waals surface area contributed by atoms with E-state index in [0.29, 0.717) is 12.3 Å². The number of likely N-dealkylation sites (tertiary alicyclic amines) is 1. The fraction of sp³-hybridized carbons (Fsp3) is 0.438. The number of hydrogen-bond donors (Lipinski definition) is 2. The van der Waals surface area contributed by atoms with Gasteiger partial charge >= 0.3 is 0 Å². The van der Waals surface area contributed by atoms with Crippen molar-refractivity contribution in [1.29, 1.82) is 0 Å². The van der Waals surface area contributed by atoms with Gasteiger partial charge in [-0.1, -0.05) is 18.2 Å². The van der Waals surface area contributed by atoms with Gasteiger partial charge in [-0.25, -0.2) is 0 Å². The van der Waals surface area contributed by atoms with Gasteiger partial charge < -0.3 is 9.88 Å². The van der Waals surface area contributed by atoms with Gasteiger partial charge in [-0.05, 0) is 36.6 Å². The lowest BCUT2D eigenvalue weighted by atomic mass is 10.1. The third kappa shape index (κ3) is 2.44. The number of benzene rings is 1. The van der Waals surface area contributed by atoms with Crippen molar-refractivity contribution in [3.8, 4) is 0 Å². The van der Waals surface area contributed by atoms with Crippen molar-refractivity contribution in [3.63, 3.8) is 0 Å². The summed E-state index contributed by atoms with van der Waals surface area (Å²) in [6.45, 7) is 3.78. The van der Waals surface area contributed by atoms with Crippen LogP contribution >= 0.6 is 12.6 Å². The number of fused-ring (bicyclic) bond motifs is 1. The molecule has 1 aliphatic heterocycles. The van der Waals surface area contributed by atoms with Gasteiger partial charge in [0.2, 0.25) is 5.91 Å². The molecule has 0 aliphatic carbocycles. The van der Waals surface area contributed by atoms with Crippen molar-refractivity contribution in [3.05, 3.63) is 35.5 Å². The number of carbonyl (C=O) groups is 1. The second kappa shape index (κ2) is 5.52. The maximum atomic E-state index is 11.9. The number of amides is 1. The number of nitrogens with one attached hydrogen (secondary N) is 1. The lowest BCUT2D eigenvalue weighted by molar-refractivity contribution is -0.127. The highest BCUT2D eigenvalue weighted by Crippen LogP contribution is 2.24. The molecule has 2 heterocycles. The molecule has 0 radical (unpaired) electrons. The number of aryl methyl sites for hydroxylation is 1. The van der Waals surface area contributed by atoms with Gasteiger partial charge in [-0.2, -0.15) is 12.6 Å². The Labute approximate surface area is 124 Å². The molecular formula is C16H20N2OS. The molecule has 1 amide bonds. The van der Waals surface area contributed by atoms with Crippen LogP contribution in [0.1, 0.15) is 17.7 Å². The van der Waals surface area contributed by atoms with Gasteiger partial charge in [-0.15, -0.1) is 0 Å². The third-order valence-corrected chi connectivity index (χ3v) is 4.73. The van der Waals surface area contributed by atoms with E-state index in [1.54, 1.807) is 0 Å². The molecular weight excluding hydrogens is 268 g/mol. The zero-order chi connectivity index (χ0) is 14.1. The molecule has 3 nitrogen and oxygen atoms in total. The molecule has 3 rings (SSSR count). The summed E-state index contributed by atoms with van der Waals surface area (Å²) in [5, 5.41) is 1.28. The third-order valence-electron chi connectivity index (χ3n) is 4.21. The molecule has 4 heteroatoms. The highest BCUT2D eigenvalue weighted by molar-refractivity contribution is 7.80. The SMILES string of the molecule is Cc1[nH]c2ccccc2c1CCN1CC(CS)CC1=O. The lowest BCUT2D eigenvalue weighted by Crippen LogP contribution is -2.27. The molecule has 1 aromatic carbocycles. The highest BCUT2D eigenvalue weighted by Gasteiger charge is 2.28. The van der Waals surface area contributed by atoms with Crippen LogP contribution in [0.2, 0.25) is 0 Å². The summed E-state index contributed by atoms with van der Waals surface area (Å²) in [5.74, 6) is 1.50. The van der Waals surface area contributed by atoms with Gasteiger partial charge in [0, 0.05) is 36.1 Å². The fourth-order valence-electron chi connectivity index (χ4n) is 3.10. The van der Waals surface area contributed by atoms with Crippen LogP contribution in [0.5, 0.6) is 0 Å². The smallest absolute Gasteiger partial charge is 0.222 e. The predicted molar refractivity (Wildman–Crippen MR) is 85.3 cm³/mol. The standard InChI is InChI=1S/C16H20N2OS/c1-11-13(14-4-2-3-5-15(14)17-11)6-7-18-9-12(10-20)8-16(18)19/h2-5,12,17,20H,6-10H2,1H3. The second-order valence-corrected chi connectivity index (χ2v) is 5.98. The van der Waals surface area contributed by atoms with Crippen molar-refractivity contribution in [2.45, 2.75) is 19.8 Å². The summed E-state index contributed by atoms with van der Waals surface area (Å²) in [6.07, 6.45) is 1.58. The summed E-state index contributed by atoms with van der Waals surface area (Å²) in [4.78, 5) is 17.3. The summed E-state index contributed by atoms with van der Waals surface area (Å²) in [7, 11) is 0. The Morgan fingerprint density at radius 2 is 2.20 bits per heavy atom. The Bertz CT molecular complexity index is 634. The molecule has 20 heavy (non-hydrogen) atoms. The quantitative estimate of drug-likeness (QED) is 0.834. The van der Waals surface area contributed by atoms with Crippen LogP contribution in [-0.4, -0.2) is 34.6 Å². The van der Waals surface area contributed by atoms with E-state index in [0.717, 1.165) is 25.3 Å². The van der Waals surface area contributed by atoms with E-state index < -0.39 is 0 Å². The molecule has 1 unspecified atom stereocenters. The molecule has 1 atom stereocenters. The number of nitrogens with zero attached hydrogens (tertiary/aromatic N) is 1. The topological polar surface area (TPSA) is 36.1 Å². The first-order valence-corrected chi connectivity index (χ1v) is 7.77. The number of rotatable bonds is 4. The number of para-hydroxylation sites is 1. The average Bonchev–Trinajstić information content (AvgIpc) is 2.96. The van der Waals surface area contributed by atoms with E-state index in [9.17, 15) is 4.79 Å². The number of carbonyl (C=O) groups excluding carboxylic acids is 1. The monoisotopic (exact) mass is 288 g/mol. The summed E-state index contributed by atoms with van der Waals surface area (Å²) >= 11 is 4.31. The minimum absolute atomic E-state index is 0.279. The molecule has 0 spiro atoms. The number of aromatic nitrogens is 1. The Balaban J connectivity index is 1.74. The van der Waals surface area contributed by atoms with Crippen LogP contribution in [0.15, 0.2) is 24.3 Å². The Hall–Kier alpha value is -1.42. The number of hydrogen-bond acceptors (Lipinski definition) is 2. The Morgan fingerprint density at radius 3 is 2.95 bits per heavy atom. The molecule has 0 saturated carbocycles. The Morgan fingerprint density at radius 1 is 1.40 bits per heavy atom. The van der Waals surface area contributed by atoms with Gasteiger partial charge in [-0.3, -0.25) is 4.79 Å². The van der Waals surface area contributed by atoms with Crippen molar-refractivity contribution < 1.29 is 4.79 Å². The molecule has 1 aliphatic rings. The van der Waals surface area contributed by atoms with Crippen LogP contribution in [-0.2, 0) is 11.2 Å². The van der Waals surface area contributed by atoms with Crippen LogP contribution in [0, 0.1) is 12.8 Å². The number of aromatic amines is 1. The normalized spacial score (nSPS) is 19.2. The van der Waals surface area contributed by atoms with E-state index in [1.807, 2.05) is 11.0 Å². The lowest BCUT2D eigenvalue weighted by Gasteiger charge is -2.16. The molecule has 1 fully saturated rings. The van der Waals surface area contributed by atoms with E-state index in [1.165, 1.54) is 22.2 Å². The van der Waals surface area contributed by atoms with E-state index in [-0.39, 0.29) is 5.91 Å². The van der Waals surface area contributed by atoms with E-state index in [2.05, 4.69) is 42.7 Å². The van der Waals surface area contributed by atoms with Gasteiger partial charge in [0.15, 0.2) is 0 Å². The maximum Gasteiger partial charge on any atom is 0.222 e. The fourth-order valence-corrected chi connectivity index (χ4v) is 3.34. The maximum absolute atomic E-state index is 11.9.